The van der Waals surface area contributed by atoms with Crippen molar-refractivity contribution >= 4 is 17.7 Å². The van der Waals surface area contributed by atoms with Gasteiger partial charge in [0.05, 0.1) is 6.54 Å². The number of benzene rings is 1. The van der Waals surface area contributed by atoms with E-state index in [0.717, 1.165) is 36.6 Å². The fourth-order valence-corrected chi connectivity index (χ4v) is 2.49. The van der Waals surface area contributed by atoms with Gasteiger partial charge in [-0.05, 0) is 36.0 Å². The van der Waals surface area contributed by atoms with E-state index in [1.165, 1.54) is 11.6 Å². The van der Waals surface area contributed by atoms with Crippen molar-refractivity contribution in [3.8, 4) is 0 Å². The Labute approximate surface area is 105 Å². The van der Waals surface area contributed by atoms with Crippen molar-refractivity contribution in [3.05, 3.63) is 34.3 Å². The molecule has 0 bridgehead atoms. The van der Waals surface area contributed by atoms with Crippen LogP contribution < -0.4 is 0 Å². The Kier molecular flexibility index (Phi) is 4.32. The third-order valence-corrected chi connectivity index (χ3v) is 3.38. The van der Waals surface area contributed by atoms with E-state index in [4.69, 9.17) is 16.3 Å². The molecule has 0 saturated carbocycles. The van der Waals surface area contributed by atoms with Gasteiger partial charge in [0.2, 0.25) is 6.08 Å². The first kappa shape index (κ1) is 12.3. The van der Waals surface area contributed by atoms with Crippen molar-refractivity contribution in [2.45, 2.75) is 25.3 Å². The molecule has 1 saturated heterocycles. The quantitative estimate of drug-likeness (QED) is 0.612. The van der Waals surface area contributed by atoms with E-state index in [2.05, 4.69) is 4.99 Å². The first-order valence-corrected chi connectivity index (χ1v) is 6.09. The zero-order chi connectivity index (χ0) is 12.1. The molecule has 1 aromatic rings. The third-order valence-electron chi connectivity index (χ3n) is 3.05. The zero-order valence-electron chi connectivity index (χ0n) is 9.49. The third kappa shape index (κ3) is 3.16. The van der Waals surface area contributed by atoms with Crippen molar-refractivity contribution in [2.75, 3.05) is 13.2 Å². The van der Waals surface area contributed by atoms with E-state index in [1.54, 1.807) is 0 Å². The van der Waals surface area contributed by atoms with Crippen molar-refractivity contribution in [1.29, 1.82) is 0 Å². The molecular weight excluding hydrogens is 238 g/mol. The van der Waals surface area contributed by atoms with E-state index in [0.29, 0.717) is 12.5 Å². The lowest BCUT2D eigenvalue weighted by Crippen LogP contribution is -2.14. The molecule has 0 atom stereocenters. The van der Waals surface area contributed by atoms with Crippen molar-refractivity contribution in [3.63, 3.8) is 0 Å². The minimum atomic E-state index is 0.345. The maximum absolute atomic E-state index is 10.0. The standard InChI is InChI=1S/C13H14ClNO2/c14-13-7-10(8-15-9-16)1-2-12(13)11-3-5-17-6-4-11/h1-2,7,11H,3-6,8H2. The maximum atomic E-state index is 10.0. The maximum Gasteiger partial charge on any atom is 0.235 e. The van der Waals surface area contributed by atoms with Crippen LogP contribution >= 0.6 is 11.6 Å². The van der Waals surface area contributed by atoms with Crippen LogP contribution in [0.25, 0.3) is 0 Å². The highest BCUT2D eigenvalue weighted by Gasteiger charge is 2.18. The normalized spacial score (nSPS) is 16.5. The van der Waals surface area contributed by atoms with Crippen LogP contribution in [0.15, 0.2) is 23.2 Å². The van der Waals surface area contributed by atoms with Gasteiger partial charge in [-0.1, -0.05) is 23.7 Å². The van der Waals surface area contributed by atoms with E-state index in [1.807, 2.05) is 18.2 Å². The lowest BCUT2D eigenvalue weighted by molar-refractivity contribution is 0.0853. The van der Waals surface area contributed by atoms with Gasteiger partial charge in [-0.2, -0.15) is 0 Å². The summed E-state index contributed by atoms with van der Waals surface area (Å²) in [6.45, 7) is 1.95. The summed E-state index contributed by atoms with van der Waals surface area (Å²) >= 11 is 6.26. The predicted octanol–water partition coefficient (Wildman–Crippen LogP) is 3.07. The Balaban J connectivity index is 2.15. The van der Waals surface area contributed by atoms with Gasteiger partial charge in [0.25, 0.3) is 0 Å². The first-order chi connectivity index (χ1) is 8.31. The average molecular weight is 252 g/mol. The molecule has 2 rings (SSSR count). The van der Waals surface area contributed by atoms with Gasteiger partial charge in [-0.3, -0.25) is 0 Å². The fraction of sp³-hybridized carbons (Fsp3) is 0.462. The van der Waals surface area contributed by atoms with E-state index < -0.39 is 0 Å². The summed E-state index contributed by atoms with van der Waals surface area (Å²) in [6, 6.07) is 5.89. The molecule has 0 aromatic heterocycles. The SMILES string of the molecule is O=C=NCc1ccc(C2CCOCC2)c(Cl)c1. The van der Waals surface area contributed by atoms with Crippen molar-refractivity contribution < 1.29 is 9.53 Å². The smallest absolute Gasteiger partial charge is 0.235 e. The second-order valence-electron chi connectivity index (χ2n) is 4.15. The largest absolute Gasteiger partial charge is 0.381 e. The molecular formula is C13H14ClNO2. The lowest BCUT2D eigenvalue weighted by Gasteiger charge is -2.23. The predicted molar refractivity (Wildman–Crippen MR) is 66.1 cm³/mol. The van der Waals surface area contributed by atoms with Crippen LogP contribution in [0.3, 0.4) is 0 Å². The number of nitrogens with zero attached hydrogens (tertiary/aromatic N) is 1. The van der Waals surface area contributed by atoms with Crippen LogP contribution in [0, 0.1) is 0 Å². The number of isocyanates is 1. The summed E-state index contributed by atoms with van der Waals surface area (Å²) in [5, 5.41) is 0.760. The summed E-state index contributed by atoms with van der Waals surface area (Å²) in [7, 11) is 0. The van der Waals surface area contributed by atoms with Gasteiger partial charge in [0.1, 0.15) is 0 Å². The lowest BCUT2D eigenvalue weighted by atomic mass is 9.91. The summed E-state index contributed by atoms with van der Waals surface area (Å²) in [4.78, 5) is 13.6. The van der Waals surface area contributed by atoms with Crippen LogP contribution in [0.4, 0.5) is 0 Å². The van der Waals surface area contributed by atoms with Crippen molar-refractivity contribution in [2.24, 2.45) is 4.99 Å². The number of rotatable bonds is 3. The van der Waals surface area contributed by atoms with E-state index >= 15 is 0 Å². The number of aliphatic imine (C=N–C) groups is 1. The van der Waals surface area contributed by atoms with Crippen LogP contribution in [-0.2, 0) is 16.1 Å². The molecule has 1 heterocycles. The number of hydrogen-bond acceptors (Lipinski definition) is 3. The number of halogens is 1. The number of ether oxygens (including phenoxy) is 1. The molecule has 0 spiro atoms. The van der Waals surface area contributed by atoms with Gasteiger partial charge in [0, 0.05) is 18.2 Å². The van der Waals surface area contributed by atoms with Crippen LogP contribution in [0.1, 0.15) is 29.9 Å². The monoisotopic (exact) mass is 251 g/mol. The minimum Gasteiger partial charge on any atom is -0.381 e. The molecule has 0 radical (unpaired) electrons. The molecule has 0 amide bonds. The average Bonchev–Trinajstić information content (AvgIpc) is 2.37. The Hall–Kier alpha value is -1.15. The summed E-state index contributed by atoms with van der Waals surface area (Å²) < 4.78 is 5.34. The molecule has 0 unspecified atom stereocenters. The van der Waals surface area contributed by atoms with E-state index in [-0.39, 0.29) is 0 Å². The van der Waals surface area contributed by atoms with Crippen LogP contribution in [0.2, 0.25) is 5.02 Å². The van der Waals surface area contributed by atoms with Crippen LogP contribution in [0.5, 0.6) is 0 Å². The Morgan fingerprint density at radius 2 is 2.18 bits per heavy atom. The first-order valence-electron chi connectivity index (χ1n) is 5.71. The van der Waals surface area contributed by atoms with Crippen LogP contribution in [-0.4, -0.2) is 19.3 Å². The second kappa shape index (κ2) is 5.97. The zero-order valence-corrected chi connectivity index (χ0v) is 10.2. The molecule has 0 aliphatic carbocycles. The van der Waals surface area contributed by atoms with Gasteiger partial charge < -0.3 is 4.74 Å². The van der Waals surface area contributed by atoms with Gasteiger partial charge in [0.15, 0.2) is 0 Å². The summed E-state index contributed by atoms with van der Waals surface area (Å²) in [6.07, 6.45) is 3.57. The highest BCUT2D eigenvalue weighted by atomic mass is 35.5. The van der Waals surface area contributed by atoms with Gasteiger partial charge in [-0.25, -0.2) is 9.79 Å². The summed E-state index contributed by atoms with van der Waals surface area (Å²) in [5.41, 5.74) is 2.11. The molecule has 1 aliphatic rings. The number of carbonyl (C=O) groups excluding carboxylic acids is 1. The Bertz CT molecular complexity index is 435. The molecule has 1 aliphatic heterocycles. The van der Waals surface area contributed by atoms with E-state index in [9.17, 15) is 4.79 Å². The minimum absolute atomic E-state index is 0.345. The molecule has 1 aromatic carbocycles. The molecule has 17 heavy (non-hydrogen) atoms. The highest BCUT2D eigenvalue weighted by molar-refractivity contribution is 6.31. The second-order valence-corrected chi connectivity index (χ2v) is 4.56. The molecule has 4 heteroatoms. The van der Waals surface area contributed by atoms with Gasteiger partial charge in [-0.15, -0.1) is 0 Å². The Morgan fingerprint density at radius 1 is 1.41 bits per heavy atom. The molecule has 90 valence electrons. The van der Waals surface area contributed by atoms with Gasteiger partial charge >= 0.3 is 0 Å². The summed E-state index contributed by atoms with van der Waals surface area (Å²) in [5.74, 6) is 0.486. The topological polar surface area (TPSA) is 38.7 Å². The Morgan fingerprint density at radius 3 is 2.82 bits per heavy atom. The highest BCUT2D eigenvalue weighted by Crippen LogP contribution is 2.32. The number of hydrogen-bond donors (Lipinski definition) is 0. The fourth-order valence-electron chi connectivity index (χ4n) is 2.13. The molecule has 3 nitrogen and oxygen atoms in total. The van der Waals surface area contributed by atoms with Crippen molar-refractivity contribution in [1.82, 2.24) is 0 Å². The molecule has 0 N–H and O–H groups in total. The molecule has 1 fully saturated rings.